The Morgan fingerprint density at radius 1 is 1.35 bits per heavy atom. The number of methoxy groups -OCH3 is 1. The highest BCUT2D eigenvalue weighted by Crippen LogP contribution is 2.33. The molecule has 0 aliphatic carbocycles. The van der Waals surface area contributed by atoms with Gasteiger partial charge in [0.25, 0.3) is 0 Å². The van der Waals surface area contributed by atoms with Crippen molar-refractivity contribution in [2.75, 3.05) is 7.11 Å². The molecule has 90 valence electrons. The molecule has 0 saturated carbocycles. The first-order valence-corrected chi connectivity index (χ1v) is 6.45. The third-order valence-electron chi connectivity index (χ3n) is 2.75. The van der Waals surface area contributed by atoms with E-state index in [0.29, 0.717) is 6.61 Å². The van der Waals surface area contributed by atoms with Crippen molar-refractivity contribution in [3.8, 4) is 0 Å². The van der Waals surface area contributed by atoms with Gasteiger partial charge in [-0.2, -0.15) is 0 Å². The van der Waals surface area contributed by atoms with Crippen LogP contribution >= 0.6 is 27.5 Å². The third-order valence-corrected chi connectivity index (χ3v) is 4.27. The lowest BCUT2D eigenvalue weighted by atomic mass is 10.1. The Bertz CT molecular complexity index is 583. The highest BCUT2D eigenvalue weighted by Gasteiger charge is 2.11. The number of aryl methyl sites for hydroxylation is 2. The van der Waals surface area contributed by atoms with Crippen molar-refractivity contribution in [3.05, 3.63) is 38.4 Å². The third kappa shape index (κ3) is 2.32. The molecule has 0 aliphatic heterocycles. The maximum Gasteiger partial charge on any atom is 0.0884 e. The molecule has 0 atom stereocenters. The predicted octanol–water partition coefficient (Wildman–Crippen LogP) is 4.41. The fourth-order valence-electron chi connectivity index (χ4n) is 1.96. The van der Waals surface area contributed by atoms with Crippen LogP contribution in [-0.2, 0) is 11.3 Å². The minimum absolute atomic E-state index is 0.476. The number of hydrogen-bond acceptors (Lipinski definition) is 2. The molecule has 4 heteroatoms. The van der Waals surface area contributed by atoms with Gasteiger partial charge < -0.3 is 4.74 Å². The molecule has 0 amide bonds. The highest BCUT2D eigenvalue weighted by atomic mass is 79.9. The van der Waals surface area contributed by atoms with Gasteiger partial charge in [-0.1, -0.05) is 27.5 Å². The van der Waals surface area contributed by atoms with Crippen molar-refractivity contribution in [2.45, 2.75) is 20.5 Å². The van der Waals surface area contributed by atoms with E-state index in [1.54, 1.807) is 7.11 Å². The van der Waals surface area contributed by atoms with Crippen LogP contribution in [0.5, 0.6) is 0 Å². The SMILES string of the molecule is COCc1cc(Cl)c2c(C)c(Br)c(C)cc2n1. The lowest BCUT2D eigenvalue weighted by molar-refractivity contribution is 0.182. The zero-order valence-electron chi connectivity index (χ0n) is 9.97. The topological polar surface area (TPSA) is 22.1 Å². The lowest BCUT2D eigenvalue weighted by Gasteiger charge is -2.11. The summed E-state index contributed by atoms with van der Waals surface area (Å²) in [5, 5.41) is 1.73. The van der Waals surface area contributed by atoms with Crippen LogP contribution in [0.2, 0.25) is 5.02 Å². The van der Waals surface area contributed by atoms with Crippen LogP contribution in [-0.4, -0.2) is 12.1 Å². The van der Waals surface area contributed by atoms with Crippen molar-refractivity contribution < 1.29 is 4.74 Å². The van der Waals surface area contributed by atoms with Crippen LogP contribution in [0, 0.1) is 13.8 Å². The van der Waals surface area contributed by atoms with Gasteiger partial charge in [-0.05, 0) is 37.1 Å². The number of benzene rings is 1. The first-order chi connectivity index (χ1) is 8.04. The maximum atomic E-state index is 6.31. The van der Waals surface area contributed by atoms with Crippen LogP contribution in [0.15, 0.2) is 16.6 Å². The molecule has 0 spiro atoms. The highest BCUT2D eigenvalue weighted by molar-refractivity contribution is 9.10. The summed E-state index contributed by atoms with van der Waals surface area (Å²) in [6.07, 6.45) is 0. The molecule has 2 nitrogen and oxygen atoms in total. The molecule has 0 aliphatic rings. The summed E-state index contributed by atoms with van der Waals surface area (Å²) >= 11 is 9.88. The van der Waals surface area contributed by atoms with Gasteiger partial charge in [-0.15, -0.1) is 0 Å². The van der Waals surface area contributed by atoms with E-state index in [4.69, 9.17) is 16.3 Å². The molecular formula is C13H13BrClNO. The summed E-state index contributed by atoms with van der Waals surface area (Å²) in [7, 11) is 1.65. The van der Waals surface area contributed by atoms with Crippen LogP contribution in [0.3, 0.4) is 0 Å². The Hall–Kier alpha value is -0.640. The van der Waals surface area contributed by atoms with Gasteiger partial charge >= 0.3 is 0 Å². The van der Waals surface area contributed by atoms with E-state index in [2.05, 4.69) is 27.8 Å². The number of hydrogen-bond donors (Lipinski definition) is 0. The molecule has 0 radical (unpaired) electrons. The fourth-order valence-corrected chi connectivity index (χ4v) is 2.63. The summed E-state index contributed by atoms with van der Waals surface area (Å²) in [6.45, 7) is 4.57. The van der Waals surface area contributed by atoms with Gasteiger partial charge in [0.15, 0.2) is 0 Å². The first-order valence-electron chi connectivity index (χ1n) is 5.28. The van der Waals surface area contributed by atoms with Crippen LogP contribution < -0.4 is 0 Å². The molecule has 1 aromatic heterocycles. The normalized spacial score (nSPS) is 11.1. The van der Waals surface area contributed by atoms with Crippen molar-refractivity contribution >= 4 is 38.4 Å². The zero-order chi connectivity index (χ0) is 12.6. The smallest absolute Gasteiger partial charge is 0.0884 e. The number of rotatable bonds is 2. The summed E-state index contributed by atoms with van der Waals surface area (Å²) < 4.78 is 6.18. The Morgan fingerprint density at radius 2 is 2.06 bits per heavy atom. The summed E-state index contributed by atoms with van der Waals surface area (Å²) in [5.74, 6) is 0. The van der Waals surface area contributed by atoms with Gasteiger partial charge in [0.1, 0.15) is 0 Å². The molecule has 1 heterocycles. The molecule has 0 bridgehead atoms. The van der Waals surface area contributed by atoms with E-state index < -0.39 is 0 Å². The number of nitrogens with zero attached hydrogens (tertiary/aromatic N) is 1. The first kappa shape index (κ1) is 12.8. The summed E-state index contributed by atoms with van der Waals surface area (Å²) in [4.78, 5) is 4.56. The molecule has 0 fully saturated rings. The average Bonchev–Trinajstić information content (AvgIpc) is 2.25. The second kappa shape index (κ2) is 4.92. The van der Waals surface area contributed by atoms with Gasteiger partial charge in [-0.3, -0.25) is 4.98 Å². The van der Waals surface area contributed by atoms with Crippen LogP contribution in [0.4, 0.5) is 0 Å². The van der Waals surface area contributed by atoms with Crippen molar-refractivity contribution in [2.24, 2.45) is 0 Å². The Balaban J connectivity index is 2.77. The molecule has 2 rings (SSSR count). The Labute approximate surface area is 114 Å². The standard InChI is InChI=1S/C13H13BrClNO/c1-7-4-11-12(8(2)13(7)14)10(15)5-9(16-11)6-17-3/h4-5H,6H2,1-3H3. The minimum Gasteiger partial charge on any atom is -0.378 e. The second-order valence-corrected chi connectivity index (χ2v) is 5.26. The molecule has 1 aromatic carbocycles. The van der Waals surface area contributed by atoms with Crippen molar-refractivity contribution in [3.63, 3.8) is 0 Å². The average molecular weight is 315 g/mol. The number of fused-ring (bicyclic) bond motifs is 1. The minimum atomic E-state index is 0.476. The lowest BCUT2D eigenvalue weighted by Crippen LogP contribution is -1.96. The maximum absolute atomic E-state index is 6.31. The number of aromatic nitrogens is 1. The van der Waals surface area contributed by atoms with Crippen molar-refractivity contribution in [1.82, 2.24) is 4.98 Å². The van der Waals surface area contributed by atoms with Gasteiger partial charge in [-0.25, -0.2) is 0 Å². The van der Waals surface area contributed by atoms with E-state index >= 15 is 0 Å². The Morgan fingerprint density at radius 3 is 2.71 bits per heavy atom. The van der Waals surface area contributed by atoms with Crippen LogP contribution in [0.1, 0.15) is 16.8 Å². The van der Waals surface area contributed by atoms with E-state index in [1.165, 1.54) is 0 Å². The van der Waals surface area contributed by atoms with Crippen molar-refractivity contribution in [1.29, 1.82) is 0 Å². The molecule has 2 aromatic rings. The molecular weight excluding hydrogens is 302 g/mol. The zero-order valence-corrected chi connectivity index (χ0v) is 12.3. The quantitative estimate of drug-likeness (QED) is 0.819. The summed E-state index contributed by atoms with van der Waals surface area (Å²) in [5.41, 5.74) is 4.06. The Kier molecular flexibility index (Phi) is 3.71. The number of halogens is 2. The second-order valence-electron chi connectivity index (χ2n) is 4.06. The molecule has 0 unspecified atom stereocenters. The number of pyridine rings is 1. The van der Waals surface area contributed by atoms with E-state index in [-0.39, 0.29) is 0 Å². The van der Waals surface area contributed by atoms with Gasteiger partial charge in [0, 0.05) is 17.0 Å². The fraction of sp³-hybridized carbons (Fsp3) is 0.308. The summed E-state index contributed by atoms with van der Waals surface area (Å²) in [6, 6.07) is 3.90. The molecule has 17 heavy (non-hydrogen) atoms. The van der Waals surface area contributed by atoms with Gasteiger partial charge in [0.05, 0.1) is 22.8 Å². The van der Waals surface area contributed by atoms with E-state index in [1.807, 2.05) is 19.1 Å². The molecule has 0 saturated heterocycles. The van der Waals surface area contributed by atoms with Gasteiger partial charge in [0.2, 0.25) is 0 Å². The predicted molar refractivity (Wildman–Crippen MR) is 74.6 cm³/mol. The van der Waals surface area contributed by atoms with Crippen LogP contribution in [0.25, 0.3) is 10.9 Å². The van der Waals surface area contributed by atoms with E-state index in [0.717, 1.165) is 37.2 Å². The largest absolute Gasteiger partial charge is 0.378 e. The molecule has 0 N–H and O–H groups in total. The van der Waals surface area contributed by atoms with E-state index in [9.17, 15) is 0 Å². The number of ether oxygens (including phenoxy) is 1. The monoisotopic (exact) mass is 313 g/mol.